The van der Waals surface area contributed by atoms with Crippen molar-refractivity contribution in [3.05, 3.63) is 11.6 Å². The van der Waals surface area contributed by atoms with Crippen LogP contribution >= 0.6 is 0 Å². The standard InChI is InChI=1S/C52H84O20/c1-23-32(55)40(71-42-37(60)35(58)28(22-66-42)69-43-38(61)36(59)34(57)27(20-53)68-43)39(62)44(67-23)72-41-33(56)26(54)21-65-45(41)70-31-12-13-49(6)29(48(31,4)5)11-14-51(8)30(49)10-9-24-25-19-47(2,3)15-17-52(25,46(63)64)18-16-50(24,51)7/h9,23,25-45,53-62H,10-22H2,1-8H3,(H,63,64)/t23-,25-,26-,27+,28+,29-,30+,31-,32-,33-,34+,35+,36-,37+,38+,39+,40+,41+,42-,43-,44-,45-,49-,50+,51+,52-/m0/s1. The van der Waals surface area contributed by atoms with Gasteiger partial charge in [0.05, 0.1) is 37.4 Å². The summed E-state index contributed by atoms with van der Waals surface area (Å²) in [6, 6.07) is 0. The van der Waals surface area contributed by atoms with Gasteiger partial charge in [-0.15, -0.1) is 0 Å². The fraction of sp³-hybridized carbons (Fsp3) is 0.942. The summed E-state index contributed by atoms with van der Waals surface area (Å²) in [7, 11) is 0. The molecule has 20 nitrogen and oxygen atoms in total. The maximum Gasteiger partial charge on any atom is 0.310 e. The second kappa shape index (κ2) is 19.7. The molecule has 72 heavy (non-hydrogen) atoms. The van der Waals surface area contributed by atoms with Gasteiger partial charge in [-0.2, -0.15) is 0 Å². The number of carboxylic acid groups (broad SMARTS) is 1. The molecule has 0 aromatic heterocycles. The molecule has 8 fully saturated rings. The smallest absolute Gasteiger partial charge is 0.310 e. The Morgan fingerprint density at radius 2 is 1.29 bits per heavy atom. The van der Waals surface area contributed by atoms with Crippen LogP contribution in [0.5, 0.6) is 0 Å². The van der Waals surface area contributed by atoms with Crippen LogP contribution in [0.2, 0.25) is 0 Å². The number of carbonyl (C=O) groups is 1. The molecule has 9 aliphatic rings. The van der Waals surface area contributed by atoms with Crippen molar-refractivity contribution < 1.29 is 98.9 Å². The number of allylic oxidation sites excluding steroid dienone is 2. The van der Waals surface area contributed by atoms with Gasteiger partial charge in [-0.3, -0.25) is 4.79 Å². The lowest BCUT2D eigenvalue weighted by Crippen LogP contribution is -2.66. The van der Waals surface area contributed by atoms with Crippen molar-refractivity contribution in [1.82, 2.24) is 0 Å². The minimum Gasteiger partial charge on any atom is -0.481 e. The Morgan fingerprint density at radius 3 is 1.99 bits per heavy atom. The van der Waals surface area contributed by atoms with E-state index in [1.54, 1.807) is 0 Å². The Hall–Kier alpha value is -1.51. The molecular weight excluding hydrogens is 945 g/mol. The molecular formula is C52H84O20. The molecule has 0 bridgehead atoms. The summed E-state index contributed by atoms with van der Waals surface area (Å²) in [5.74, 6) is -0.0524. The number of aliphatic carboxylic acids is 1. The van der Waals surface area contributed by atoms with Crippen LogP contribution in [-0.2, 0) is 42.7 Å². The third-order valence-electron chi connectivity index (χ3n) is 20.7. The molecule has 20 heteroatoms. The summed E-state index contributed by atoms with van der Waals surface area (Å²) in [4.78, 5) is 13.2. The summed E-state index contributed by atoms with van der Waals surface area (Å²) in [5, 5.41) is 119. The fourth-order valence-corrected chi connectivity index (χ4v) is 16.0. The number of carboxylic acids is 1. The molecule has 26 atom stereocenters. The Balaban J connectivity index is 0.874. The van der Waals surface area contributed by atoms with E-state index in [9.17, 15) is 61.0 Å². The van der Waals surface area contributed by atoms with Crippen molar-refractivity contribution in [3.63, 3.8) is 0 Å². The Bertz CT molecular complexity index is 1990. The quantitative estimate of drug-likeness (QED) is 0.107. The summed E-state index contributed by atoms with van der Waals surface area (Å²) >= 11 is 0. The average molecular weight is 1030 g/mol. The van der Waals surface area contributed by atoms with E-state index in [4.69, 9.17) is 37.9 Å². The molecule has 412 valence electrons. The molecule has 4 saturated heterocycles. The zero-order valence-corrected chi connectivity index (χ0v) is 43.1. The summed E-state index contributed by atoms with van der Waals surface area (Å²) in [6.07, 6.45) is -17.4. The number of aliphatic hydroxyl groups is 10. The van der Waals surface area contributed by atoms with Crippen LogP contribution < -0.4 is 0 Å². The average Bonchev–Trinajstić information content (AvgIpc) is 3.32. The van der Waals surface area contributed by atoms with E-state index in [1.807, 2.05) is 0 Å². The van der Waals surface area contributed by atoms with Gasteiger partial charge in [0, 0.05) is 0 Å². The maximum absolute atomic E-state index is 13.2. The lowest BCUT2D eigenvalue weighted by molar-refractivity contribution is -0.382. The monoisotopic (exact) mass is 1030 g/mol. The van der Waals surface area contributed by atoms with Crippen molar-refractivity contribution in [1.29, 1.82) is 0 Å². The Kier molecular flexibility index (Phi) is 15.2. The van der Waals surface area contributed by atoms with E-state index in [1.165, 1.54) is 12.5 Å². The molecule has 4 saturated carbocycles. The second-order valence-corrected chi connectivity index (χ2v) is 25.4. The molecule has 0 unspecified atom stereocenters. The third-order valence-corrected chi connectivity index (χ3v) is 20.7. The van der Waals surface area contributed by atoms with Crippen LogP contribution in [0.4, 0.5) is 0 Å². The lowest BCUT2D eigenvalue weighted by Gasteiger charge is -2.71. The lowest BCUT2D eigenvalue weighted by atomic mass is 9.33. The molecule has 9 rings (SSSR count). The SMILES string of the molecule is C[C@@H]1O[C@@H](O[C@H]2[C@H](O[C@H]3CC[C@]4(C)[C@H]5CC=C6[C@@H]7CC(C)(C)CC[C@]7(C(=O)O)CC[C@@]6(C)[C@]5(C)CC[C@H]4C3(C)C)OC[C@H](O)[C@@H]2O)[C@H](O)[C@H](O[C@@H]2OC[C@@H](O[C@@H]3O[C@H](CO)[C@@H](O)[C@H](O)[C@H]3O)[C@@H](O)[C@H]2O)[C@H]1O. The predicted octanol–water partition coefficient (Wildman–Crippen LogP) is 0.836. The van der Waals surface area contributed by atoms with Crippen LogP contribution in [0.1, 0.15) is 120 Å². The molecule has 0 spiro atoms. The van der Waals surface area contributed by atoms with Gasteiger partial charge in [0.15, 0.2) is 25.2 Å². The maximum atomic E-state index is 13.2. The number of hydrogen-bond acceptors (Lipinski definition) is 19. The van der Waals surface area contributed by atoms with Gasteiger partial charge < -0.3 is 94.1 Å². The van der Waals surface area contributed by atoms with Gasteiger partial charge in [0.1, 0.15) is 79.4 Å². The van der Waals surface area contributed by atoms with Crippen molar-refractivity contribution in [2.24, 2.45) is 50.2 Å². The van der Waals surface area contributed by atoms with E-state index in [-0.39, 0.29) is 46.2 Å². The molecule has 5 aliphatic carbocycles. The van der Waals surface area contributed by atoms with Crippen LogP contribution in [0.15, 0.2) is 11.6 Å². The zero-order chi connectivity index (χ0) is 52.4. The highest BCUT2D eigenvalue weighted by atomic mass is 16.8. The topological polar surface area (TPSA) is 313 Å². The first kappa shape index (κ1) is 55.3. The molecule has 4 heterocycles. The number of aliphatic hydroxyl groups excluding tert-OH is 10. The van der Waals surface area contributed by atoms with Crippen LogP contribution in [0, 0.1) is 50.2 Å². The van der Waals surface area contributed by atoms with Gasteiger partial charge in [-0.1, -0.05) is 60.1 Å². The molecule has 0 aromatic carbocycles. The highest BCUT2D eigenvalue weighted by molar-refractivity contribution is 5.76. The number of hydrogen-bond donors (Lipinski definition) is 11. The van der Waals surface area contributed by atoms with E-state index in [2.05, 4.69) is 54.5 Å². The fourth-order valence-electron chi connectivity index (χ4n) is 16.0. The Labute approximate surface area is 421 Å². The van der Waals surface area contributed by atoms with Crippen molar-refractivity contribution in [3.8, 4) is 0 Å². The molecule has 0 radical (unpaired) electrons. The molecule has 0 amide bonds. The van der Waals surface area contributed by atoms with Crippen LogP contribution in [0.25, 0.3) is 0 Å². The molecule has 11 N–H and O–H groups in total. The number of ether oxygens (including phenoxy) is 8. The largest absolute Gasteiger partial charge is 0.481 e. The van der Waals surface area contributed by atoms with Gasteiger partial charge in [-0.25, -0.2) is 0 Å². The minimum absolute atomic E-state index is 0.0208. The van der Waals surface area contributed by atoms with E-state index >= 15 is 0 Å². The van der Waals surface area contributed by atoms with E-state index < -0.39 is 141 Å². The van der Waals surface area contributed by atoms with Gasteiger partial charge in [0.2, 0.25) is 0 Å². The zero-order valence-electron chi connectivity index (χ0n) is 43.1. The number of rotatable bonds is 10. The second-order valence-electron chi connectivity index (χ2n) is 25.4. The highest BCUT2D eigenvalue weighted by Gasteiger charge is 2.70. The predicted molar refractivity (Wildman–Crippen MR) is 250 cm³/mol. The highest BCUT2D eigenvalue weighted by Crippen LogP contribution is 2.76. The van der Waals surface area contributed by atoms with Crippen LogP contribution in [-0.4, -0.2) is 199 Å². The Morgan fingerprint density at radius 1 is 0.639 bits per heavy atom. The van der Waals surface area contributed by atoms with E-state index in [0.29, 0.717) is 25.2 Å². The first-order chi connectivity index (χ1) is 33.7. The first-order valence-corrected chi connectivity index (χ1v) is 26.5. The summed E-state index contributed by atoms with van der Waals surface area (Å²) in [6.45, 7) is 16.4. The minimum atomic E-state index is -1.86. The van der Waals surface area contributed by atoms with E-state index in [0.717, 1.165) is 44.9 Å². The van der Waals surface area contributed by atoms with Crippen molar-refractivity contribution in [2.45, 2.75) is 236 Å². The van der Waals surface area contributed by atoms with Crippen molar-refractivity contribution >= 4 is 5.97 Å². The van der Waals surface area contributed by atoms with Crippen LogP contribution in [0.3, 0.4) is 0 Å². The normalized spacial score (nSPS) is 54.3. The van der Waals surface area contributed by atoms with Gasteiger partial charge in [-0.05, 0) is 116 Å². The number of fused-ring (bicyclic) bond motifs is 7. The first-order valence-electron chi connectivity index (χ1n) is 26.5. The molecule has 4 aliphatic heterocycles. The van der Waals surface area contributed by atoms with Gasteiger partial charge in [0.25, 0.3) is 0 Å². The molecule has 0 aromatic rings. The summed E-state index contributed by atoms with van der Waals surface area (Å²) in [5.41, 5.74) is 0.0683. The third kappa shape index (κ3) is 8.87. The van der Waals surface area contributed by atoms with Gasteiger partial charge >= 0.3 is 5.97 Å². The summed E-state index contributed by atoms with van der Waals surface area (Å²) < 4.78 is 47.8. The van der Waals surface area contributed by atoms with Crippen molar-refractivity contribution in [2.75, 3.05) is 19.8 Å².